The highest BCUT2D eigenvalue weighted by atomic mass is 15.0. The maximum Gasteiger partial charge on any atom is 0.0560 e. The first kappa shape index (κ1) is 43.6. The molecule has 0 aliphatic heterocycles. The van der Waals surface area contributed by atoms with Gasteiger partial charge in [0.25, 0.3) is 0 Å². The van der Waals surface area contributed by atoms with Crippen LogP contribution in [0.1, 0.15) is 101 Å². The Kier molecular flexibility index (Phi) is 9.60. The van der Waals surface area contributed by atoms with E-state index in [1.165, 1.54) is 138 Å². The van der Waals surface area contributed by atoms with Crippen molar-refractivity contribution in [1.29, 1.82) is 0 Å². The van der Waals surface area contributed by atoms with Gasteiger partial charge >= 0.3 is 0 Å². The monoisotopic (exact) mass is 952 g/mol. The number of hydrogen-bond acceptors (Lipinski definition) is 0. The Morgan fingerprint density at radius 1 is 0.419 bits per heavy atom. The van der Waals surface area contributed by atoms with Crippen molar-refractivity contribution in [3.8, 4) is 44.5 Å². The highest BCUT2D eigenvalue weighted by Crippen LogP contribution is 2.61. The molecule has 358 valence electrons. The fraction of sp³-hybridized carbons (Fsp3) is 0.194. The van der Waals surface area contributed by atoms with Gasteiger partial charge in [0, 0.05) is 49.1 Å². The van der Waals surface area contributed by atoms with Crippen molar-refractivity contribution in [3.05, 3.63) is 223 Å². The summed E-state index contributed by atoms with van der Waals surface area (Å²) < 4.78 is 5.09. The standard InChI is InChI=1S/C72H60N2/c1-5-71(6-2)61-32-20-17-27-49(61)56-42-63-57(43-62(56)71)55-41-59-60(44-64(55)72(63,7-3)8-4)69(45-36-38-67-58(39-45)51-29-19-22-34-66(51)73(67)47-23-11-9-12-24-47)53-30-15-16-31-54(53)70(59)46-35-37-52-50-28-18-21-33-65(50)74(68(52)40-46)48-25-13-10-14-26-48/h9,11-13,15-23,25-44,47H,5-8,10,14,24H2,1-4H3. The van der Waals surface area contributed by atoms with Crippen LogP contribution in [0, 0.1) is 0 Å². The molecule has 0 spiro atoms. The Hall–Kier alpha value is -7.94. The first-order valence-electron chi connectivity index (χ1n) is 27.6. The normalized spacial score (nSPS) is 17.0. The maximum atomic E-state index is 2.69. The lowest BCUT2D eigenvalue weighted by Crippen LogP contribution is -2.24. The number of benzene rings is 9. The summed E-state index contributed by atoms with van der Waals surface area (Å²) in [5.74, 6) is 0. The van der Waals surface area contributed by atoms with Gasteiger partial charge in [-0.05, 0) is 194 Å². The first-order valence-corrected chi connectivity index (χ1v) is 27.6. The zero-order valence-electron chi connectivity index (χ0n) is 43.0. The summed E-state index contributed by atoms with van der Waals surface area (Å²) in [6.45, 7) is 9.69. The van der Waals surface area contributed by atoms with E-state index in [2.05, 4.69) is 237 Å². The molecule has 0 amide bonds. The zero-order chi connectivity index (χ0) is 49.5. The van der Waals surface area contributed by atoms with E-state index >= 15 is 0 Å². The second kappa shape index (κ2) is 16.3. The van der Waals surface area contributed by atoms with Crippen LogP contribution in [0.25, 0.3) is 115 Å². The van der Waals surface area contributed by atoms with E-state index in [9.17, 15) is 0 Å². The van der Waals surface area contributed by atoms with Gasteiger partial charge in [-0.3, -0.25) is 0 Å². The molecule has 0 N–H and O–H groups in total. The van der Waals surface area contributed by atoms with Crippen molar-refractivity contribution in [2.45, 2.75) is 89.5 Å². The smallest absolute Gasteiger partial charge is 0.0560 e. The summed E-state index contributed by atoms with van der Waals surface area (Å²) in [4.78, 5) is 0. The Bertz CT molecular complexity index is 4340. The van der Waals surface area contributed by atoms with Gasteiger partial charge in [0.2, 0.25) is 0 Å². The Morgan fingerprint density at radius 3 is 1.69 bits per heavy atom. The Labute approximate surface area is 434 Å². The van der Waals surface area contributed by atoms with Gasteiger partial charge in [-0.15, -0.1) is 0 Å². The van der Waals surface area contributed by atoms with Crippen LogP contribution in [0.5, 0.6) is 0 Å². The summed E-state index contributed by atoms with van der Waals surface area (Å²) in [5, 5.41) is 10.4. The highest BCUT2D eigenvalue weighted by molar-refractivity contribution is 6.24. The Morgan fingerprint density at radius 2 is 0.986 bits per heavy atom. The molecule has 1 atom stereocenters. The molecule has 0 bridgehead atoms. The third-order valence-corrected chi connectivity index (χ3v) is 18.8. The molecular formula is C72H60N2. The minimum Gasteiger partial charge on any atom is -0.333 e. The lowest BCUT2D eigenvalue weighted by molar-refractivity contribution is 0.485. The molecule has 1 unspecified atom stereocenters. The molecule has 9 aromatic carbocycles. The summed E-state index contributed by atoms with van der Waals surface area (Å²) in [5.41, 5.74) is 23.0. The van der Waals surface area contributed by atoms with Crippen LogP contribution in [0.2, 0.25) is 0 Å². The number of para-hydroxylation sites is 2. The molecule has 0 fully saturated rings. The largest absolute Gasteiger partial charge is 0.333 e. The highest BCUT2D eigenvalue weighted by Gasteiger charge is 2.46. The van der Waals surface area contributed by atoms with Gasteiger partial charge in [0.1, 0.15) is 0 Å². The van der Waals surface area contributed by atoms with Crippen LogP contribution in [0.3, 0.4) is 0 Å². The van der Waals surface area contributed by atoms with Crippen molar-refractivity contribution in [1.82, 2.24) is 9.13 Å². The first-order chi connectivity index (χ1) is 36.5. The summed E-state index contributed by atoms with van der Waals surface area (Å²) >= 11 is 0. The quantitative estimate of drug-likeness (QED) is 0.134. The van der Waals surface area contributed by atoms with Crippen LogP contribution >= 0.6 is 0 Å². The van der Waals surface area contributed by atoms with Crippen LogP contribution in [-0.4, -0.2) is 9.13 Å². The third-order valence-electron chi connectivity index (χ3n) is 18.8. The average molecular weight is 953 g/mol. The van der Waals surface area contributed by atoms with Gasteiger partial charge < -0.3 is 9.13 Å². The number of nitrogens with zero attached hydrogens (tertiary/aromatic N) is 2. The molecule has 4 aliphatic carbocycles. The van der Waals surface area contributed by atoms with Crippen molar-refractivity contribution in [3.63, 3.8) is 0 Å². The van der Waals surface area contributed by atoms with Crippen molar-refractivity contribution in [2.24, 2.45) is 0 Å². The fourth-order valence-corrected chi connectivity index (χ4v) is 15.2. The van der Waals surface area contributed by atoms with E-state index < -0.39 is 0 Å². The lowest BCUT2D eigenvalue weighted by atomic mass is 9.71. The molecule has 74 heavy (non-hydrogen) atoms. The second-order valence-corrected chi connectivity index (χ2v) is 21.7. The molecule has 0 saturated carbocycles. The van der Waals surface area contributed by atoms with E-state index in [0.717, 1.165) is 44.9 Å². The third kappa shape index (κ3) is 5.77. The summed E-state index contributed by atoms with van der Waals surface area (Å²) in [7, 11) is 0. The molecular weight excluding hydrogens is 893 g/mol. The van der Waals surface area contributed by atoms with Gasteiger partial charge in [0.05, 0.1) is 17.1 Å². The van der Waals surface area contributed by atoms with Gasteiger partial charge in [-0.1, -0.05) is 167 Å². The topological polar surface area (TPSA) is 9.86 Å². The van der Waals surface area contributed by atoms with Crippen LogP contribution in [0.15, 0.2) is 200 Å². The molecule has 2 heteroatoms. The minimum absolute atomic E-state index is 0.0151. The van der Waals surface area contributed by atoms with Crippen LogP contribution in [0.4, 0.5) is 0 Å². The minimum atomic E-state index is -0.143. The molecule has 2 nitrogen and oxygen atoms in total. The molecule has 0 radical (unpaired) electrons. The SMILES string of the molecule is CCC1(CC)c2ccccc2-c2cc3c(cc21)-c1cc2c(-c4ccc5c6ccccc6n(C6=CCCC=C6)c5c4)c4ccccc4c(-c4ccc5c(c4)c4ccccc4n5C4C=CC=CC4)c2cc1C3(CC)CC. The number of aromatic nitrogens is 2. The van der Waals surface area contributed by atoms with Crippen molar-refractivity contribution >= 4 is 70.9 Å². The summed E-state index contributed by atoms with van der Waals surface area (Å²) in [6, 6.07) is 62.3. The molecule has 2 heterocycles. The predicted molar refractivity (Wildman–Crippen MR) is 317 cm³/mol. The van der Waals surface area contributed by atoms with Crippen LogP contribution in [-0.2, 0) is 10.8 Å². The number of rotatable bonds is 8. The summed E-state index contributed by atoms with van der Waals surface area (Å²) in [6.07, 6.45) is 23.5. The van der Waals surface area contributed by atoms with E-state index in [0.29, 0.717) is 0 Å². The molecule has 0 saturated heterocycles. The number of fused-ring (bicyclic) bond motifs is 14. The fourth-order valence-electron chi connectivity index (χ4n) is 15.2. The maximum absolute atomic E-state index is 2.69. The lowest BCUT2D eigenvalue weighted by Gasteiger charge is -2.32. The molecule has 2 aromatic heterocycles. The molecule has 15 rings (SSSR count). The number of hydrogen-bond donors (Lipinski definition) is 0. The van der Waals surface area contributed by atoms with Crippen LogP contribution < -0.4 is 0 Å². The van der Waals surface area contributed by atoms with Gasteiger partial charge in [-0.2, -0.15) is 0 Å². The van der Waals surface area contributed by atoms with Gasteiger partial charge in [0.15, 0.2) is 0 Å². The van der Waals surface area contributed by atoms with E-state index in [-0.39, 0.29) is 16.9 Å². The van der Waals surface area contributed by atoms with E-state index in [1.54, 1.807) is 0 Å². The Balaban J connectivity index is 1.06. The van der Waals surface area contributed by atoms with E-state index in [1.807, 2.05) is 0 Å². The van der Waals surface area contributed by atoms with Crippen molar-refractivity contribution in [2.75, 3.05) is 0 Å². The average Bonchev–Trinajstić information content (AvgIpc) is 4.16. The predicted octanol–water partition coefficient (Wildman–Crippen LogP) is 20.0. The van der Waals surface area contributed by atoms with Gasteiger partial charge in [-0.25, -0.2) is 0 Å². The second-order valence-electron chi connectivity index (χ2n) is 21.7. The molecule has 4 aliphatic rings. The number of allylic oxidation sites excluding steroid dienone is 8. The van der Waals surface area contributed by atoms with E-state index in [4.69, 9.17) is 0 Å². The molecule has 11 aromatic rings. The van der Waals surface area contributed by atoms with Crippen molar-refractivity contribution < 1.29 is 0 Å². The zero-order valence-corrected chi connectivity index (χ0v) is 43.0.